The van der Waals surface area contributed by atoms with Gasteiger partial charge in [-0.1, -0.05) is 18.6 Å². The van der Waals surface area contributed by atoms with E-state index in [0.717, 1.165) is 37.8 Å². The lowest BCUT2D eigenvalue weighted by Gasteiger charge is -2.44. The first-order valence-electron chi connectivity index (χ1n) is 7.13. The molecule has 2 nitrogen and oxygen atoms in total. The predicted octanol–water partition coefficient (Wildman–Crippen LogP) is 3.26. The number of hydrogen-bond acceptors (Lipinski definition) is 2. The zero-order valence-corrected chi connectivity index (χ0v) is 12.7. The lowest BCUT2D eigenvalue weighted by Crippen LogP contribution is -2.54. The van der Waals surface area contributed by atoms with E-state index >= 15 is 0 Å². The van der Waals surface area contributed by atoms with Gasteiger partial charge in [-0.05, 0) is 46.9 Å². The number of halogens is 2. The van der Waals surface area contributed by atoms with Crippen LogP contribution in [0.4, 0.5) is 4.39 Å². The van der Waals surface area contributed by atoms with Crippen molar-refractivity contribution in [3.8, 4) is 0 Å². The largest absolute Gasteiger partial charge is 0.298 e. The molecule has 2 saturated heterocycles. The van der Waals surface area contributed by atoms with E-state index in [4.69, 9.17) is 0 Å². The third-order valence-corrected chi connectivity index (χ3v) is 5.24. The molecule has 0 aliphatic carbocycles. The second kappa shape index (κ2) is 5.90. The van der Waals surface area contributed by atoms with Crippen molar-refractivity contribution in [2.24, 2.45) is 0 Å². The van der Waals surface area contributed by atoms with E-state index < -0.39 is 0 Å². The Morgan fingerprint density at radius 3 is 3.00 bits per heavy atom. The molecule has 0 aromatic heterocycles. The van der Waals surface area contributed by atoms with Crippen molar-refractivity contribution in [1.82, 2.24) is 9.80 Å². The molecule has 1 unspecified atom stereocenters. The highest BCUT2D eigenvalue weighted by Gasteiger charge is 2.28. The first-order valence-corrected chi connectivity index (χ1v) is 7.92. The van der Waals surface area contributed by atoms with E-state index in [0.29, 0.717) is 4.47 Å². The second-order valence-electron chi connectivity index (χ2n) is 5.63. The molecule has 2 aliphatic rings. The Balaban J connectivity index is 1.66. The number of rotatable bonds is 2. The minimum Gasteiger partial charge on any atom is -0.298 e. The lowest BCUT2D eigenvalue weighted by atomic mass is 9.99. The van der Waals surface area contributed by atoms with E-state index in [1.807, 2.05) is 6.07 Å². The Bertz CT molecular complexity index is 452. The molecule has 1 aromatic rings. The Morgan fingerprint density at radius 1 is 1.21 bits per heavy atom. The normalized spacial score (nSPS) is 25.3. The zero-order valence-electron chi connectivity index (χ0n) is 11.1. The van der Waals surface area contributed by atoms with Gasteiger partial charge in [0.1, 0.15) is 5.82 Å². The smallest absolute Gasteiger partial charge is 0.137 e. The highest BCUT2D eigenvalue weighted by molar-refractivity contribution is 9.10. The van der Waals surface area contributed by atoms with Gasteiger partial charge in [-0.15, -0.1) is 0 Å². The molecule has 0 radical (unpaired) electrons. The predicted molar refractivity (Wildman–Crippen MR) is 78.6 cm³/mol. The molecular formula is C15H20BrFN2. The van der Waals surface area contributed by atoms with Crippen molar-refractivity contribution < 1.29 is 4.39 Å². The number of piperidine rings is 1. The summed E-state index contributed by atoms with van der Waals surface area (Å²) < 4.78 is 14.2. The Morgan fingerprint density at radius 2 is 2.11 bits per heavy atom. The fourth-order valence-corrected chi connectivity index (χ4v) is 3.67. The zero-order chi connectivity index (χ0) is 13.2. The molecule has 0 spiro atoms. The molecule has 19 heavy (non-hydrogen) atoms. The van der Waals surface area contributed by atoms with Crippen LogP contribution in [-0.4, -0.2) is 42.0 Å². The van der Waals surface area contributed by atoms with E-state index in [9.17, 15) is 4.39 Å². The molecule has 1 aromatic carbocycles. The third-order valence-electron chi connectivity index (χ3n) is 4.35. The summed E-state index contributed by atoms with van der Waals surface area (Å²) in [5.74, 6) is -0.159. The Hall–Kier alpha value is -0.450. The first kappa shape index (κ1) is 13.5. The van der Waals surface area contributed by atoms with Gasteiger partial charge in [-0.3, -0.25) is 9.80 Å². The molecule has 4 heteroatoms. The summed E-state index contributed by atoms with van der Waals surface area (Å²) in [4.78, 5) is 5.09. The van der Waals surface area contributed by atoms with Crippen molar-refractivity contribution in [2.45, 2.75) is 31.8 Å². The van der Waals surface area contributed by atoms with Crippen LogP contribution in [0.3, 0.4) is 0 Å². The van der Waals surface area contributed by atoms with E-state index in [1.54, 1.807) is 6.07 Å². The monoisotopic (exact) mass is 326 g/mol. The number of benzene rings is 1. The summed E-state index contributed by atoms with van der Waals surface area (Å²) in [6.45, 7) is 5.50. The maximum Gasteiger partial charge on any atom is 0.137 e. The van der Waals surface area contributed by atoms with Gasteiger partial charge in [0.2, 0.25) is 0 Å². The maximum absolute atomic E-state index is 13.5. The SMILES string of the molecule is Fc1cccc(CN2CCN3CCCCC3C2)c1Br. The molecule has 0 saturated carbocycles. The molecule has 1 atom stereocenters. The van der Waals surface area contributed by atoms with E-state index in [2.05, 4.69) is 25.7 Å². The number of hydrogen-bond donors (Lipinski definition) is 0. The molecule has 3 rings (SSSR count). The van der Waals surface area contributed by atoms with Crippen molar-refractivity contribution >= 4 is 15.9 Å². The number of nitrogens with zero attached hydrogens (tertiary/aromatic N) is 2. The summed E-state index contributed by atoms with van der Waals surface area (Å²) in [7, 11) is 0. The van der Waals surface area contributed by atoms with Crippen LogP contribution in [0.2, 0.25) is 0 Å². The molecule has 2 aliphatic heterocycles. The number of fused-ring (bicyclic) bond motifs is 1. The summed E-state index contributed by atoms with van der Waals surface area (Å²) in [5.41, 5.74) is 1.06. The van der Waals surface area contributed by atoms with Crippen molar-refractivity contribution in [2.75, 3.05) is 26.2 Å². The van der Waals surface area contributed by atoms with Crippen LogP contribution < -0.4 is 0 Å². The van der Waals surface area contributed by atoms with Crippen molar-refractivity contribution in [1.29, 1.82) is 0 Å². The fraction of sp³-hybridized carbons (Fsp3) is 0.600. The lowest BCUT2D eigenvalue weighted by molar-refractivity contribution is 0.0455. The highest BCUT2D eigenvalue weighted by Crippen LogP contribution is 2.25. The molecule has 2 heterocycles. The maximum atomic E-state index is 13.5. The minimum atomic E-state index is -0.159. The molecule has 2 fully saturated rings. The van der Waals surface area contributed by atoms with Gasteiger partial charge in [-0.2, -0.15) is 0 Å². The van der Waals surface area contributed by atoms with Crippen LogP contribution in [0.1, 0.15) is 24.8 Å². The van der Waals surface area contributed by atoms with Crippen LogP contribution in [0, 0.1) is 5.82 Å². The van der Waals surface area contributed by atoms with E-state index in [1.165, 1.54) is 31.9 Å². The van der Waals surface area contributed by atoms with Gasteiger partial charge < -0.3 is 0 Å². The topological polar surface area (TPSA) is 6.48 Å². The van der Waals surface area contributed by atoms with Crippen LogP contribution in [0.25, 0.3) is 0 Å². The Labute approximate surface area is 122 Å². The Kier molecular flexibility index (Phi) is 4.20. The fourth-order valence-electron chi connectivity index (χ4n) is 3.28. The van der Waals surface area contributed by atoms with Crippen molar-refractivity contribution in [3.05, 3.63) is 34.1 Å². The molecule has 0 amide bonds. The van der Waals surface area contributed by atoms with Crippen LogP contribution in [0.15, 0.2) is 22.7 Å². The molecule has 104 valence electrons. The van der Waals surface area contributed by atoms with Gasteiger partial charge in [0.05, 0.1) is 4.47 Å². The molecule has 0 N–H and O–H groups in total. The standard InChI is InChI=1S/C15H20BrFN2/c16-15-12(4-3-6-14(15)17)10-18-8-9-19-7-2-1-5-13(19)11-18/h3-4,6,13H,1-2,5,7-11H2. The average Bonchev–Trinajstić information content (AvgIpc) is 2.44. The molecular weight excluding hydrogens is 307 g/mol. The van der Waals surface area contributed by atoms with Crippen LogP contribution >= 0.6 is 15.9 Å². The molecule has 0 bridgehead atoms. The minimum absolute atomic E-state index is 0.159. The summed E-state index contributed by atoms with van der Waals surface area (Å²) in [5, 5.41) is 0. The van der Waals surface area contributed by atoms with Crippen LogP contribution in [0.5, 0.6) is 0 Å². The summed E-state index contributed by atoms with van der Waals surface area (Å²) in [6.07, 6.45) is 4.03. The van der Waals surface area contributed by atoms with Gasteiger partial charge in [0, 0.05) is 32.2 Å². The second-order valence-corrected chi connectivity index (χ2v) is 6.43. The summed E-state index contributed by atoms with van der Waals surface area (Å²) >= 11 is 3.36. The third kappa shape index (κ3) is 3.01. The highest BCUT2D eigenvalue weighted by atomic mass is 79.9. The van der Waals surface area contributed by atoms with Gasteiger partial charge in [0.25, 0.3) is 0 Å². The first-order chi connectivity index (χ1) is 9.24. The van der Waals surface area contributed by atoms with Gasteiger partial charge >= 0.3 is 0 Å². The average molecular weight is 327 g/mol. The number of piperazine rings is 1. The van der Waals surface area contributed by atoms with Gasteiger partial charge in [-0.25, -0.2) is 4.39 Å². The summed E-state index contributed by atoms with van der Waals surface area (Å²) in [6, 6.07) is 6.04. The van der Waals surface area contributed by atoms with Gasteiger partial charge in [0.15, 0.2) is 0 Å². The van der Waals surface area contributed by atoms with Crippen molar-refractivity contribution in [3.63, 3.8) is 0 Å². The van der Waals surface area contributed by atoms with E-state index in [-0.39, 0.29) is 5.82 Å². The quantitative estimate of drug-likeness (QED) is 0.823. The van der Waals surface area contributed by atoms with Crippen LogP contribution in [-0.2, 0) is 6.54 Å².